The fourth-order valence-electron chi connectivity index (χ4n) is 2.00. The largest absolute Gasteiger partial charge is 0.277 e. The van der Waals surface area contributed by atoms with Crippen LogP contribution in [0, 0.1) is 5.92 Å². The summed E-state index contributed by atoms with van der Waals surface area (Å²) in [4.78, 5) is 48.7. The fourth-order valence-corrected chi connectivity index (χ4v) is 2.00. The van der Waals surface area contributed by atoms with Gasteiger partial charge in [-0.15, -0.1) is 0 Å². The summed E-state index contributed by atoms with van der Waals surface area (Å²) >= 11 is 0. The molecule has 6 heteroatoms. The molecule has 18 heavy (non-hydrogen) atoms. The van der Waals surface area contributed by atoms with Crippen molar-refractivity contribution in [1.82, 2.24) is 9.80 Å². The topological polar surface area (TPSA) is 74.8 Å². The molecular formula is C12H16N2O4. The minimum absolute atomic E-state index is 0.278. The summed E-state index contributed by atoms with van der Waals surface area (Å²) in [6.07, 6.45) is 0. The molecule has 98 valence electrons. The molecule has 0 aliphatic carbocycles. The van der Waals surface area contributed by atoms with Crippen molar-refractivity contribution >= 4 is 23.6 Å². The van der Waals surface area contributed by atoms with Gasteiger partial charge in [-0.3, -0.25) is 24.1 Å². The van der Waals surface area contributed by atoms with Gasteiger partial charge in [0.05, 0.1) is 0 Å². The standard InChI is InChI=1S/C12H16N2O4/c1-6(2)10-12(18)13(8(4)15)7(3)11(17)14(10)9(5)16/h6,10H,3H2,1-2,4-5H3/t10-/m0/s1. The van der Waals surface area contributed by atoms with Crippen LogP contribution in [0.2, 0.25) is 0 Å². The molecule has 1 aliphatic rings. The number of piperazine rings is 1. The molecule has 1 heterocycles. The third kappa shape index (κ3) is 2.05. The molecule has 1 rings (SSSR count). The van der Waals surface area contributed by atoms with Crippen molar-refractivity contribution < 1.29 is 19.2 Å². The zero-order chi connectivity index (χ0) is 14.2. The molecule has 0 aromatic rings. The Kier molecular flexibility index (Phi) is 3.69. The van der Waals surface area contributed by atoms with E-state index in [0.717, 1.165) is 9.80 Å². The van der Waals surface area contributed by atoms with E-state index in [1.165, 1.54) is 13.8 Å². The Morgan fingerprint density at radius 2 is 1.67 bits per heavy atom. The van der Waals surface area contributed by atoms with Gasteiger partial charge in [-0.2, -0.15) is 0 Å². The van der Waals surface area contributed by atoms with Gasteiger partial charge in [0.25, 0.3) is 11.8 Å². The number of hydrogen-bond acceptors (Lipinski definition) is 4. The zero-order valence-electron chi connectivity index (χ0n) is 10.9. The van der Waals surface area contributed by atoms with Crippen LogP contribution in [-0.4, -0.2) is 39.5 Å². The number of carbonyl (C=O) groups is 4. The smallest absolute Gasteiger partial charge is 0.275 e. The Hall–Kier alpha value is -1.98. The molecule has 4 amide bonds. The quantitative estimate of drug-likeness (QED) is 0.628. The van der Waals surface area contributed by atoms with Crippen LogP contribution in [0.1, 0.15) is 27.7 Å². The Morgan fingerprint density at radius 1 is 1.17 bits per heavy atom. The van der Waals surface area contributed by atoms with E-state index in [4.69, 9.17) is 0 Å². The Morgan fingerprint density at radius 3 is 2.00 bits per heavy atom. The normalized spacial score (nSPS) is 20.7. The predicted octanol–water partition coefficient (Wildman–Crippen LogP) is 0.288. The van der Waals surface area contributed by atoms with Crippen LogP contribution in [0.5, 0.6) is 0 Å². The molecule has 0 N–H and O–H groups in total. The van der Waals surface area contributed by atoms with Gasteiger partial charge in [-0.1, -0.05) is 20.4 Å². The molecule has 1 saturated heterocycles. The molecule has 0 aromatic heterocycles. The minimum Gasteiger partial charge on any atom is -0.275 e. The van der Waals surface area contributed by atoms with Crippen molar-refractivity contribution in [2.24, 2.45) is 5.92 Å². The molecule has 0 radical (unpaired) electrons. The van der Waals surface area contributed by atoms with Crippen LogP contribution in [-0.2, 0) is 19.2 Å². The first-order valence-electron chi connectivity index (χ1n) is 5.57. The maximum absolute atomic E-state index is 12.2. The number of nitrogens with zero attached hydrogens (tertiary/aromatic N) is 2. The number of imide groups is 2. The summed E-state index contributed by atoms with van der Waals surface area (Å²) in [5.74, 6) is -2.67. The Balaban J connectivity index is 3.32. The molecule has 0 saturated carbocycles. The predicted molar refractivity (Wildman–Crippen MR) is 62.8 cm³/mol. The third-order valence-electron chi connectivity index (χ3n) is 2.77. The zero-order valence-corrected chi connectivity index (χ0v) is 10.9. The summed E-state index contributed by atoms with van der Waals surface area (Å²) in [6.45, 7) is 9.21. The first kappa shape index (κ1) is 14.1. The highest BCUT2D eigenvalue weighted by atomic mass is 16.2. The number of amides is 4. The summed E-state index contributed by atoms with van der Waals surface area (Å²) in [5, 5.41) is 0. The minimum atomic E-state index is -0.954. The second-order valence-corrected chi connectivity index (χ2v) is 4.52. The van der Waals surface area contributed by atoms with Gasteiger partial charge in [-0.25, -0.2) is 4.90 Å². The molecule has 0 unspecified atom stereocenters. The maximum atomic E-state index is 12.2. The van der Waals surface area contributed by atoms with Crippen LogP contribution in [0.3, 0.4) is 0 Å². The molecule has 0 aromatic carbocycles. The number of carbonyl (C=O) groups excluding carboxylic acids is 4. The van der Waals surface area contributed by atoms with E-state index < -0.39 is 29.7 Å². The van der Waals surface area contributed by atoms with Gasteiger partial charge >= 0.3 is 0 Å². The van der Waals surface area contributed by atoms with Gasteiger partial charge in [0.15, 0.2) is 0 Å². The van der Waals surface area contributed by atoms with Crippen molar-refractivity contribution in [1.29, 1.82) is 0 Å². The monoisotopic (exact) mass is 252 g/mol. The van der Waals surface area contributed by atoms with E-state index in [1.807, 2.05) is 0 Å². The lowest BCUT2D eigenvalue weighted by Gasteiger charge is -2.39. The highest BCUT2D eigenvalue weighted by Crippen LogP contribution is 2.25. The van der Waals surface area contributed by atoms with Gasteiger partial charge in [-0.05, 0) is 5.92 Å². The van der Waals surface area contributed by atoms with E-state index in [9.17, 15) is 19.2 Å². The molecule has 0 spiro atoms. The molecule has 1 fully saturated rings. The van der Waals surface area contributed by atoms with Gasteiger partial charge in [0.2, 0.25) is 11.8 Å². The Bertz CT molecular complexity index is 453. The second kappa shape index (κ2) is 4.72. The molecular weight excluding hydrogens is 236 g/mol. The number of hydrogen-bond donors (Lipinski definition) is 0. The van der Waals surface area contributed by atoms with Gasteiger partial charge in [0.1, 0.15) is 11.7 Å². The van der Waals surface area contributed by atoms with E-state index in [2.05, 4.69) is 6.58 Å². The summed E-state index contributed by atoms with van der Waals surface area (Å²) in [5.41, 5.74) is -0.278. The molecule has 0 bridgehead atoms. The van der Waals surface area contributed by atoms with Crippen molar-refractivity contribution in [3.63, 3.8) is 0 Å². The SMILES string of the molecule is C=C1C(=O)N(C(C)=O)[C@@H](C(C)C)C(=O)N1C(C)=O. The first-order valence-corrected chi connectivity index (χ1v) is 5.57. The van der Waals surface area contributed by atoms with Gasteiger partial charge in [0, 0.05) is 13.8 Å². The van der Waals surface area contributed by atoms with Crippen molar-refractivity contribution in [3.8, 4) is 0 Å². The average Bonchev–Trinajstić information content (AvgIpc) is 2.21. The van der Waals surface area contributed by atoms with Crippen molar-refractivity contribution in [3.05, 3.63) is 12.3 Å². The van der Waals surface area contributed by atoms with Crippen molar-refractivity contribution in [2.75, 3.05) is 0 Å². The fraction of sp³-hybridized carbons (Fsp3) is 0.500. The second-order valence-electron chi connectivity index (χ2n) is 4.52. The summed E-state index contributed by atoms with van der Waals surface area (Å²) in [7, 11) is 0. The van der Waals surface area contributed by atoms with E-state index in [1.54, 1.807) is 13.8 Å². The van der Waals surface area contributed by atoms with Crippen LogP contribution in [0.15, 0.2) is 12.3 Å². The van der Waals surface area contributed by atoms with E-state index >= 15 is 0 Å². The van der Waals surface area contributed by atoms with Crippen molar-refractivity contribution in [2.45, 2.75) is 33.7 Å². The lowest BCUT2D eigenvalue weighted by atomic mass is 9.97. The van der Waals surface area contributed by atoms with E-state index in [0.29, 0.717) is 0 Å². The Labute approximate surface area is 105 Å². The van der Waals surface area contributed by atoms with Crippen LogP contribution >= 0.6 is 0 Å². The maximum Gasteiger partial charge on any atom is 0.277 e. The van der Waals surface area contributed by atoms with E-state index in [-0.39, 0.29) is 11.6 Å². The van der Waals surface area contributed by atoms with Gasteiger partial charge < -0.3 is 0 Å². The first-order chi connectivity index (χ1) is 8.20. The molecule has 1 atom stereocenters. The average molecular weight is 252 g/mol. The molecule has 6 nitrogen and oxygen atoms in total. The molecule has 1 aliphatic heterocycles. The van der Waals surface area contributed by atoms with Crippen LogP contribution < -0.4 is 0 Å². The lowest BCUT2D eigenvalue weighted by Crippen LogP contribution is -2.62. The van der Waals surface area contributed by atoms with Crippen LogP contribution in [0.4, 0.5) is 0 Å². The summed E-state index contributed by atoms with van der Waals surface area (Å²) in [6, 6.07) is -0.954. The summed E-state index contributed by atoms with van der Waals surface area (Å²) < 4.78 is 0. The number of rotatable bonds is 1. The highest BCUT2D eigenvalue weighted by molar-refractivity contribution is 6.16. The lowest BCUT2D eigenvalue weighted by molar-refractivity contribution is -0.163. The third-order valence-corrected chi connectivity index (χ3v) is 2.77. The van der Waals surface area contributed by atoms with Crippen LogP contribution in [0.25, 0.3) is 0 Å². The highest BCUT2D eigenvalue weighted by Gasteiger charge is 2.46.